The first-order valence-corrected chi connectivity index (χ1v) is 15.5. The molecule has 1 N–H and O–H groups in total. The van der Waals surface area contributed by atoms with Gasteiger partial charge in [-0.1, -0.05) is 30.3 Å². The summed E-state index contributed by atoms with van der Waals surface area (Å²) in [6.07, 6.45) is 11.5. The Hall–Kier alpha value is -0.771. The minimum Gasteiger partial charge on any atom is -0.478 e. The van der Waals surface area contributed by atoms with Crippen molar-refractivity contribution in [3.8, 4) is 0 Å². The second kappa shape index (κ2) is 17.1. The van der Waals surface area contributed by atoms with E-state index in [9.17, 15) is 4.79 Å². The predicted octanol–water partition coefficient (Wildman–Crippen LogP) is 6.67. The summed E-state index contributed by atoms with van der Waals surface area (Å²) in [5, 5.41) is 8.29. The molecular weight excluding hydrogens is 403 g/mol. The van der Waals surface area contributed by atoms with Crippen molar-refractivity contribution in [3.05, 3.63) is 42.0 Å². The van der Waals surface area contributed by atoms with Crippen LogP contribution in [0.5, 0.6) is 0 Å². The Kier molecular flexibility index (Phi) is 16.5. The number of unbranched alkanes of at least 4 members (excludes halogenated alkanes) is 3. The first-order valence-electron chi connectivity index (χ1n) is 9.43. The quantitative estimate of drug-likeness (QED) is 0.310. The number of carboxylic acids is 1. The molecule has 0 aliphatic heterocycles. The third-order valence-electron chi connectivity index (χ3n) is 3.87. The Balaban J connectivity index is 0.000000446. The van der Waals surface area contributed by atoms with Crippen LogP contribution < -0.4 is 0 Å². The minimum absolute atomic E-state index is 0.839. The number of aliphatic carboxylic acids is 1. The monoisotopic (exact) mass is 439 g/mol. The van der Waals surface area contributed by atoms with Crippen LogP contribution in [0.3, 0.4) is 0 Å². The van der Waals surface area contributed by atoms with Gasteiger partial charge in [0.2, 0.25) is 0 Å². The molecule has 0 aliphatic rings. The third-order valence-corrected chi connectivity index (χ3v) is 13.0. The largest absolute Gasteiger partial charge is 0.478 e. The molecule has 2 nitrogen and oxygen atoms in total. The van der Waals surface area contributed by atoms with Crippen LogP contribution in [0.15, 0.2) is 36.4 Å². The molecule has 1 aromatic rings. The number of rotatable bonds is 11. The standard InChI is InChI=1S/C9H8O2.3C4H9.Sn/c10-9(11)7-6-8-4-2-1-3-5-8;3*1-3-4-2;/h1-7H,(H,10,11);3*1,3-4H2,2H3;/b7-6+;;;;. The van der Waals surface area contributed by atoms with Crippen LogP contribution in [0, 0.1) is 0 Å². The number of carbonyl (C=O) groups is 1. The van der Waals surface area contributed by atoms with Crippen LogP contribution in [0.4, 0.5) is 0 Å². The fraction of sp³-hybridized carbons (Fsp3) is 0.571. The maximum Gasteiger partial charge on any atom is 0.328 e. The van der Waals surface area contributed by atoms with Gasteiger partial charge in [0.05, 0.1) is 0 Å². The predicted molar refractivity (Wildman–Crippen MR) is 108 cm³/mol. The van der Waals surface area contributed by atoms with Crippen LogP contribution >= 0.6 is 0 Å². The van der Waals surface area contributed by atoms with E-state index in [1.54, 1.807) is 19.4 Å². The van der Waals surface area contributed by atoms with Crippen molar-refractivity contribution >= 4 is 31.8 Å². The molecule has 1 aromatic carbocycles. The zero-order valence-electron chi connectivity index (χ0n) is 15.8. The van der Waals surface area contributed by atoms with Gasteiger partial charge < -0.3 is 5.11 Å². The van der Waals surface area contributed by atoms with E-state index in [4.69, 9.17) is 5.11 Å². The van der Waals surface area contributed by atoms with E-state index in [-0.39, 0.29) is 0 Å². The maximum atomic E-state index is 10.1. The van der Waals surface area contributed by atoms with Crippen molar-refractivity contribution in [2.75, 3.05) is 0 Å². The van der Waals surface area contributed by atoms with Crippen molar-refractivity contribution in [2.45, 2.75) is 72.6 Å². The van der Waals surface area contributed by atoms with Crippen molar-refractivity contribution in [1.29, 1.82) is 0 Å². The van der Waals surface area contributed by atoms with Crippen LogP contribution in [-0.4, -0.2) is 30.8 Å². The van der Waals surface area contributed by atoms with Crippen molar-refractivity contribution < 1.29 is 9.90 Å². The molecule has 0 unspecified atom stereocenters. The molecule has 0 aromatic heterocycles. The molecule has 0 saturated heterocycles. The normalized spacial score (nSPS) is 10.7. The van der Waals surface area contributed by atoms with Gasteiger partial charge in [0.1, 0.15) is 0 Å². The molecule has 0 atom stereocenters. The van der Waals surface area contributed by atoms with Gasteiger partial charge in [-0.15, -0.1) is 0 Å². The molecule has 0 aliphatic carbocycles. The SMILES string of the molecule is CCC[CH2][Sn]([CH2]CCC)[CH2]CCC.O=C(O)/C=C/c1ccccc1. The summed E-state index contributed by atoms with van der Waals surface area (Å²) in [5.41, 5.74) is 0.898. The molecule has 1 radical (unpaired) electrons. The molecule has 0 amide bonds. The summed E-state index contributed by atoms with van der Waals surface area (Å²) in [4.78, 5) is 10.1. The molecule has 0 spiro atoms. The number of carboxylic acid groups (broad SMARTS) is 1. The van der Waals surface area contributed by atoms with Gasteiger partial charge in [0, 0.05) is 6.08 Å². The minimum atomic E-state index is -0.922. The molecule has 0 heterocycles. The summed E-state index contributed by atoms with van der Waals surface area (Å²) >= 11 is -0.839. The third kappa shape index (κ3) is 14.8. The van der Waals surface area contributed by atoms with Gasteiger partial charge in [-0.3, -0.25) is 0 Å². The van der Waals surface area contributed by atoms with Crippen molar-refractivity contribution in [1.82, 2.24) is 0 Å². The van der Waals surface area contributed by atoms with E-state index in [1.165, 1.54) is 38.5 Å². The molecular formula is C21H35O2Sn. The maximum absolute atomic E-state index is 10.1. The summed E-state index contributed by atoms with van der Waals surface area (Å²) in [6, 6.07) is 9.31. The Morgan fingerprint density at radius 2 is 1.38 bits per heavy atom. The Morgan fingerprint density at radius 1 is 0.917 bits per heavy atom. The van der Waals surface area contributed by atoms with E-state index in [1.807, 2.05) is 30.3 Å². The Bertz CT molecular complexity index is 410. The van der Waals surface area contributed by atoms with E-state index in [0.717, 1.165) is 11.6 Å². The molecule has 0 saturated carbocycles. The number of benzene rings is 1. The zero-order valence-corrected chi connectivity index (χ0v) is 18.6. The van der Waals surface area contributed by atoms with Gasteiger partial charge in [-0.25, -0.2) is 4.79 Å². The summed E-state index contributed by atoms with van der Waals surface area (Å²) in [5.74, 6) is -0.922. The average molecular weight is 438 g/mol. The van der Waals surface area contributed by atoms with Crippen LogP contribution in [0.1, 0.15) is 64.9 Å². The molecule has 3 heteroatoms. The first-order chi connectivity index (χ1) is 11.6. The number of hydrogen-bond acceptors (Lipinski definition) is 1. The Morgan fingerprint density at radius 3 is 1.75 bits per heavy atom. The molecule has 0 bridgehead atoms. The number of hydrogen-bond donors (Lipinski definition) is 1. The van der Waals surface area contributed by atoms with E-state index in [2.05, 4.69) is 20.8 Å². The molecule has 0 fully saturated rings. The zero-order chi connectivity index (χ0) is 18.0. The van der Waals surface area contributed by atoms with Gasteiger partial charge in [-0.2, -0.15) is 0 Å². The van der Waals surface area contributed by atoms with Crippen LogP contribution in [0.2, 0.25) is 13.3 Å². The average Bonchev–Trinajstić information content (AvgIpc) is 2.61. The topological polar surface area (TPSA) is 37.3 Å². The summed E-state index contributed by atoms with van der Waals surface area (Å²) < 4.78 is 5.04. The van der Waals surface area contributed by atoms with Crippen molar-refractivity contribution in [3.63, 3.8) is 0 Å². The van der Waals surface area contributed by atoms with E-state index >= 15 is 0 Å². The molecule has 24 heavy (non-hydrogen) atoms. The van der Waals surface area contributed by atoms with E-state index < -0.39 is 25.7 Å². The van der Waals surface area contributed by atoms with Gasteiger partial charge in [0.25, 0.3) is 0 Å². The molecule has 135 valence electrons. The fourth-order valence-electron chi connectivity index (χ4n) is 2.39. The second-order valence-corrected chi connectivity index (χ2v) is 14.7. The van der Waals surface area contributed by atoms with Gasteiger partial charge >= 0.3 is 98.3 Å². The van der Waals surface area contributed by atoms with Crippen molar-refractivity contribution in [2.24, 2.45) is 0 Å². The molecule has 1 rings (SSSR count). The van der Waals surface area contributed by atoms with Crippen LogP contribution in [0.25, 0.3) is 6.08 Å². The summed E-state index contributed by atoms with van der Waals surface area (Å²) in [7, 11) is 0. The smallest absolute Gasteiger partial charge is 0.328 e. The van der Waals surface area contributed by atoms with E-state index in [0.29, 0.717) is 0 Å². The second-order valence-electron chi connectivity index (χ2n) is 6.14. The van der Waals surface area contributed by atoms with Crippen LogP contribution in [-0.2, 0) is 4.79 Å². The Labute approximate surface area is 156 Å². The summed E-state index contributed by atoms with van der Waals surface area (Å²) in [6.45, 7) is 7.00. The van der Waals surface area contributed by atoms with Gasteiger partial charge in [0.15, 0.2) is 0 Å². The van der Waals surface area contributed by atoms with Gasteiger partial charge in [-0.05, 0) is 11.6 Å². The first kappa shape index (κ1) is 23.2. The fourth-order valence-corrected chi connectivity index (χ4v) is 11.8.